The molecule has 158 valence electrons. The van der Waals surface area contributed by atoms with Gasteiger partial charge in [0.25, 0.3) is 5.24 Å². The second-order valence-electron chi connectivity index (χ2n) is 10.2. The van der Waals surface area contributed by atoms with Crippen LogP contribution in [0.5, 0.6) is 5.75 Å². The zero-order valence-corrected chi connectivity index (χ0v) is 18.6. The van der Waals surface area contributed by atoms with E-state index in [1.807, 2.05) is 19.2 Å². The van der Waals surface area contributed by atoms with Crippen molar-refractivity contribution in [1.82, 2.24) is 0 Å². The van der Waals surface area contributed by atoms with Crippen LogP contribution >= 0.6 is 11.6 Å². The van der Waals surface area contributed by atoms with Crippen LogP contribution in [-0.4, -0.2) is 12.4 Å². The van der Waals surface area contributed by atoms with E-state index in [0.717, 1.165) is 34.3 Å². The van der Waals surface area contributed by atoms with Gasteiger partial charge < -0.3 is 4.74 Å². The van der Waals surface area contributed by atoms with Crippen molar-refractivity contribution in [2.24, 2.45) is 17.8 Å². The quantitative estimate of drug-likeness (QED) is 0.404. The molecule has 0 spiro atoms. The van der Waals surface area contributed by atoms with Crippen LogP contribution in [-0.2, 0) is 5.41 Å². The van der Waals surface area contributed by atoms with Crippen molar-refractivity contribution >= 4 is 27.6 Å². The van der Waals surface area contributed by atoms with Crippen molar-refractivity contribution < 1.29 is 9.53 Å². The van der Waals surface area contributed by atoms with Gasteiger partial charge in [0.1, 0.15) is 5.75 Å². The fourth-order valence-corrected chi connectivity index (χ4v) is 7.41. The van der Waals surface area contributed by atoms with E-state index in [9.17, 15) is 4.79 Å². The molecule has 0 N–H and O–H groups in total. The maximum Gasteiger partial charge on any atom is 0.252 e. The lowest BCUT2D eigenvalue weighted by Crippen LogP contribution is -2.48. The van der Waals surface area contributed by atoms with Crippen molar-refractivity contribution in [3.63, 3.8) is 0 Å². The Kier molecular flexibility index (Phi) is 4.44. The van der Waals surface area contributed by atoms with Gasteiger partial charge >= 0.3 is 0 Å². The lowest BCUT2D eigenvalue weighted by Gasteiger charge is -2.57. The number of halogens is 1. The van der Waals surface area contributed by atoms with Crippen LogP contribution in [0.25, 0.3) is 21.9 Å². The van der Waals surface area contributed by atoms with Gasteiger partial charge in [-0.3, -0.25) is 4.79 Å². The van der Waals surface area contributed by atoms with E-state index in [4.69, 9.17) is 16.3 Å². The zero-order chi connectivity index (χ0) is 21.2. The summed E-state index contributed by atoms with van der Waals surface area (Å²) >= 11 is 5.65. The minimum absolute atomic E-state index is 0.294. The summed E-state index contributed by atoms with van der Waals surface area (Å²) in [5.74, 6) is 3.76. The monoisotopic (exact) mass is 430 g/mol. The number of rotatable bonds is 4. The molecule has 3 heteroatoms. The maximum absolute atomic E-state index is 11.5. The highest BCUT2D eigenvalue weighted by Crippen LogP contribution is 2.62. The third-order valence-corrected chi connectivity index (χ3v) is 8.43. The number of carbonyl (C=O) groups is 1. The summed E-state index contributed by atoms with van der Waals surface area (Å²) < 4.78 is 5.89. The first-order valence-corrected chi connectivity index (χ1v) is 11.8. The molecular formula is C28H27ClO2. The molecule has 2 nitrogen and oxygen atoms in total. The predicted octanol–water partition coefficient (Wildman–Crippen LogP) is 7.36. The van der Waals surface area contributed by atoms with Crippen LogP contribution in [0.4, 0.5) is 0 Å². The van der Waals surface area contributed by atoms with E-state index < -0.39 is 5.24 Å². The molecule has 0 unspecified atom stereocenters. The van der Waals surface area contributed by atoms with Crippen molar-refractivity contribution in [3.05, 3.63) is 65.7 Å². The molecule has 3 aromatic rings. The number of ether oxygens (including phenoxy) is 1. The van der Waals surface area contributed by atoms with E-state index in [1.54, 1.807) is 6.07 Å². The van der Waals surface area contributed by atoms with Crippen molar-refractivity contribution in [2.45, 2.75) is 43.9 Å². The molecule has 3 aromatic carbocycles. The number of hydrogen-bond acceptors (Lipinski definition) is 2. The van der Waals surface area contributed by atoms with Crippen molar-refractivity contribution in [3.8, 4) is 16.9 Å². The van der Waals surface area contributed by atoms with Gasteiger partial charge in [0.2, 0.25) is 0 Å². The smallest absolute Gasteiger partial charge is 0.252 e. The van der Waals surface area contributed by atoms with Gasteiger partial charge in [0.15, 0.2) is 0 Å². The molecule has 0 aromatic heterocycles. The highest BCUT2D eigenvalue weighted by atomic mass is 35.5. The summed E-state index contributed by atoms with van der Waals surface area (Å²) in [5.41, 5.74) is 4.70. The largest absolute Gasteiger partial charge is 0.496 e. The molecular weight excluding hydrogens is 404 g/mol. The second kappa shape index (κ2) is 7.10. The zero-order valence-electron chi connectivity index (χ0n) is 17.9. The third kappa shape index (κ3) is 3.19. The van der Waals surface area contributed by atoms with E-state index in [2.05, 4.69) is 36.4 Å². The summed E-state index contributed by atoms with van der Waals surface area (Å²) in [6, 6.07) is 18.9. The van der Waals surface area contributed by atoms with Gasteiger partial charge in [-0.25, -0.2) is 0 Å². The molecule has 4 fully saturated rings. The second-order valence-corrected chi connectivity index (χ2v) is 10.5. The first-order chi connectivity index (χ1) is 15.0. The average molecular weight is 431 g/mol. The topological polar surface area (TPSA) is 26.3 Å². The number of methoxy groups -OCH3 is 1. The van der Waals surface area contributed by atoms with Gasteiger partial charge in [-0.15, -0.1) is 0 Å². The van der Waals surface area contributed by atoms with Crippen LogP contribution in [0.1, 0.15) is 54.4 Å². The fourth-order valence-electron chi connectivity index (χ4n) is 7.29. The third-order valence-electron chi connectivity index (χ3n) is 8.21. The van der Waals surface area contributed by atoms with Crippen LogP contribution in [0.2, 0.25) is 0 Å². The van der Waals surface area contributed by atoms with Crippen LogP contribution in [0.15, 0.2) is 54.6 Å². The summed E-state index contributed by atoms with van der Waals surface area (Å²) in [4.78, 5) is 11.5. The molecule has 4 aliphatic rings. The van der Waals surface area contributed by atoms with Gasteiger partial charge in [-0.1, -0.05) is 24.3 Å². The molecule has 4 bridgehead atoms. The maximum atomic E-state index is 11.5. The fraction of sp³-hybridized carbons (Fsp3) is 0.393. The SMILES string of the molecule is COc1ccc(-c2ccc3cc(C(=O)Cl)ccc3c2)cc1C12CC3CC(CC(C3)C1)C2. The number of fused-ring (bicyclic) bond motifs is 1. The van der Waals surface area contributed by atoms with E-state index >= 15 is 0 Å². The van der Waals surface area contributed by atoms with Gasteiger partial charge in [0.05, 0.1) is 7.11 Å². The highest BCUT2D eigenvalue weighted by molar-refractivity contribution is 6.67. The minimum atomic E-state index is -0.415. The molecule has 4 aliphatic carbocycles. The van der Waals surface area contributed by atoms with E-state index in [-0.39, 0.29) is 0 Å². The van der Waals surface area contributed by atoms with Crippen LogP contribution in [0, 0.1) is 17.8 Å². The van der Waals surface area contributed by atoms with Crippen molar-refractivity contribution in [1.29, 1.82) is 0 Å². The van der Waals surface area contributed by atoms with Gasteiger partial charge in [-0.05, 0) is 126 Å². The predicted molar refractivity (Wildman–Crippen MR) is 126 cm³/mol. The summed E-state index contributed by atoms with van der Waals surface area (Å²) in [7, 11) is 1.81. The standard InChI is InChI=1S/C28H27ClO2/c1-31-26-7-6-23(21-2-3-22-12-24(27(29)30)5-4-20(22)11-21)13-25(26)28-14-17-8-18(15-28)10-19(9-17)16-28/h2-7,11-13,17-19H,8-10,14-16H2,1H3. The average Bonchev–Trinajstić information content (AvgIpc) is 2.77. The Morgan fingerprint density at radius 2 is 1.42 bits per heavy atom. The Hall–Kier alpha value is -2.32. The Bertz CT molecular complexity index is 1160. The Labute approximate surface area is 188 Å². The molecule has 0 heterocycles. The Balaban J connectivity index is 1.43. The molecule has 7 rings (SSSR count). The molecule has 31 heavy (non-hydrogen) atoms. The molecule has 0 amide bonds. The summed E-state index contributed by atoms with van der Waals surface area (Å²) in [6.45, 7) is 0. The lowest BCUT2D eigenvalue weighted by atomic mass is 9.48. The number of hydrogen-bond donors (Lipinski definition) is 0. The molecule has 0 atom stereocenters. The number of carbonyl (C=O) groups excluding carboxylic acids is 1. The molecule has 0 radical (unpaired) electrons. The normalized spacial score (nSPS) is 28.8. The molecule has 4 saturated carbocycles. The van der Waals surface area contributed by atoms with Gasteiger partial charge in [-0.2, -0.15) is 0 Å². The first kappa shape index (κ1) is 19.4. The molecule has 0 aliphatic heterocycles. The van der Waals surface area contributed by atoms with E-state index in [1.165, 1.54) is 55.2 Å². The Morgan fingerprint density at radius 1 is 0.839 bits per heavy atom. The first-order valence-electron chi connectivity index (χ1n) is 11.5. The molecule has 0 saturated heterocycles. The highest BCUT2D eigenvalue weighted by Gasteiger charge is 2.52. The summed E-state index contributed by atoms with van der Waals surface area (Å²) in [5, 5.41) is 1.73. The van der Waals surface area contributed by atoms with Crippen LogP contribution in [0.3, 0.4) is 0 Å². The van der Waals surface area contributed by atoms with Crippen LogP contribution < -0.4 is 4.74 Å². The summed E-state index contributed by atoms with van der Waals surface area (Å²) in [6.07, 6.45) is 8.31. The van der Waals surface area contributed by atoms with Gasteiger partial charge in [0, 0.05) is 11.1 Å². The Morgan fingerprint density at radius 3 is 2.06 bits per heavy atom. The lowest BCUT2D eigenvalue weighted by molar-refractivity contribution is -0.00613. The van der Waals surface area contributed by atoms with E-state index in [0.29, 0.717) is 11.0 Å². The minimum Gasteiger partial charge on any atom is -0.496 e. The number of benzene rings is 3. The van der Waals surface area contributed by atoms with Crippen molar-refractivity contribution in [2.75, 3.05) is 7.11 Å².